The summed E-state index contributed by atoms with van der Waals surface area (Å²) in [4.78, 5) is 2.34. The van der Waals surface area contributed by atoms with Crippen LogP contribution in [0.3, 0.4) is 0 Å². The third-order valence-electron chi connectivity index (χ3n) is 10.6. The molecule has 0 bridgehead atoms. The quantitative estimate of drug-likeness (QED) is 0.170. The van der Waals surface area contributed by atoms with Crippen molar-refractivity contribution in [3.8, 4) is 22.3 Å². The minimum Gasteiger partial charge on any atom is -0.456 e. The molecule has 0 aliphatic heterocycles. The number of anilines is 3. The fourth-order valence-corrected chi connectivity index (χ4v) is 7.98. The highest BCUT2D eigenvalue weighted by molar-refractivity contribution is 6.24. The van der Waals surface area contributed by atoms with Gasteiger partial charge in [0, 0.05) is 27.8 Å². The molecule has 10 aromatic rings. The SMILES string of the molecule is Cc1ccc(N(c2ccc(C)cc2)c2ccc(-c3c4ccccc4c(-c4ccc5c(c4)oc4ccccc45)c4cc5ccccc5cc34)cc2)cc1. The molecule has 246 valence electrons. The Labute approximate surface area is 302 Å². The molecule has 52 heavy (non-hydrogen) atoms. The number of para-hydroxylation sites is 1. The zero-order chi connectivity index (χ0) is 34.8. The van der Waals surface area contributed by atoms with Crippen molar-refractivity contribution in [1.82, 2.24) is 0 Å². The number of fused-ring (bicyclic) bond motifs is 6. The Hall–Kier alpha value is -6.64. The van der Waals surface area contributed by atoms with Crippen molar-refractivity contribution in [3.05, 3.63) is 187 Å². The van der Waals surface area contributed by atoms with Crippen LogP contribution < -0.4 is 4.90 Å². The normalized spacial score (nSPS) is 11.7. The van der Waals surface area contributed by atoms with Crippen molar-refractivity contribution in [2.75, 3.05) is 4.90 Å². The van der Waals surface area contributed by atoms with E-state index in [1.54, 1.807) is 0 Å². The summed E-state index contributed by atoms with van der Waals surface area (Å²) in [5.41, 5.74) is 12.5. The predicted molar refractivity (Wildman–Crippen MR) is 221 cm³/mol. The summed E-state index contributed by atoms with van der Waals surface area (Å²) < 4.78 is 6.40. The van der Waals surface area contributed by atoms with E-state index in [4.69, 9.17) is 4.42 Å². The van der Waals surface area contributed by atoms with E-state index < -0.39 is 0 Å². The van der Waals surface area contributed by atoms with Gasteiger partial charge in [-0.05, 0) is 135 Å². The third-order valence-corrected chi connectivity index (χ3v) is 10.6. The van der Waals surface area contributed by atoms with Gasteiger partial charge in [-0.1, -0.05) is 120 Å². The van der Waals surface area contributed by atoms with Crippen LogP contribution in [0.25, 0.3) is 76.5 Å². The lowest BCUT2D eigenvalue weighted by Gasteiger charge is -2.26. The van der Waals surface area contributed by atoms with Crippen LogP contribution in [-0.2, 0) is 0 Å². The number of rotatable bonds is 5. The molecule has 0 aliphatic rings. The number of hydrogen-bond acceptors (Lipinski definition) is 2. The largest absolute Gasteiger partial charge is 0.456 e. The van der Waals surface area contributed by atoms with Gasteiger partial charge in [0.1, 0.15) is 11.2 Å². The smallest absolute Gasteiger partial charge is 0.136 e. The van der Waals surface area contributed by atoms with E-state index >= 15 is 0 Å². The third kappa shape index (κ3) is 4.95. The first kappa shape index (κ1) is 30.2. The highest BCUT2D eigenvalue weighted by atomic mass is 16.3. The summed E-state index contributed by atoms with van der Waals surface area (Å²) in [5, 5.41) is 9.66. The zero-order valence-corrected chi connectivity index (χ0v) is 29.1. The van der Waals surface area contributed by atoms with Gasteiger partial charge in [0.2, 0.25) is 0 Å². The van der Waals surface area contributed by atoms with Gasteiger partial charge in [0.15, 0.2) is 0 Å². The molecule has 0 saturated carbocycles. The first-order chi connectivity index (χ1) is 25.6. The first-order valence-electron chi connectivity index (χ1n) is 17.9. The van der Waals surface area contributed by atoms with Crippen molar-refractivity contribution in [2.24, 2.45) is 0 Å². The summed E-state index contributed by atoms with van der Waals surface area (Å²) in [7, 11) is 0. The molecule has 10 rings (SSSR count). The van der Waals surface area contributed by atoms with Crippen LogP contribution in [0, 0.1) is 13.8 Å². The standard InChI is InChI=1S/C50H35NO/c1-32-15-22-38(23-16-32)51(39-24-17-33(2)18-25-39)40-26-19-34(20-27-40)49-43-12-5-6-13-44(43)50(46-30-36-10-4-3-9-35(36)29-45(46)49)37-21-28-42-41-11-7-8-14-47(41)52-48(42)31-37/h3-31H,1-2H3. The fraction of sp³-hybridized carbons (Fsp3) is 0.0400. The predicted octanol–water partition coefficient (Wildman–Crippen LogP) is 14.5. The van der Waals surface area contributed by atoms with Crippen LogP contribution in [0.5, 0.6) is 0 Å². The number of hydrogen-bond donors (Lipinski definition) is 0. The Balaban J connectivity index is 1.20. The zero-order valence-electron chi connectivity index (χ0n) is 29.1. The van der Waals surface area contributed by atoms with Crippen LogP contribution >= 0.6 is 0 Å². The van der Waals surface area contributed by atoms with E-state index in [0.29, 0.717) is 0 Å². The highest BCUT2D eigenvalue weighted by Crippen LogP contribution is 2.46. The van der Waals surface area contributed by atoms with Crippen LogP contribution in [-0.4, -0.2) is 0 Å². The lowest BCUT2D eigenvalue weighted by molar-refractivity contribution is 0.669. The molecule has 0 fully saturated rings. The maximum absolute atomic E-state index is 6.40. The molecular weight excluding hydrogens is 631 g/mol. The summed E-state index contributed by atoms with van der Waals surface area (Å²) in [5.74, 6) is 0. The topological polar surface area (TPSA) is 16.4 Å². The van der Waals surface area contributed by atoms with Gasteiger partial charge >= 0.3 is 0 Å². The van der Waals surface area contributed by atoms with Crippen LogP contribution in [0.2, 0.25) is 0 Å². The van der Waals surface area contributed by atoms with Gasteiger partial charge in [-0.25, -0.2) is 0 Å². The van der Waals surface area contributed by atoms with Crippen molar-refractivity contribution in [2.45, 2.75) is 13.8 Å². The van der Waals surface area contributed by atoms with E-state index in [0.717, 1.165) is 44.6 Å². The average molecular weight is 666 g/mol. The minimum absolute atomic E-state index is 0.906. The summed E-state index contributed by atoms with van der Waals surface area (Å²) in [6.07, 6.45) is 0. The number of benzene rings is 9. The lowest BCUT2D eigenvalue weighted by atomic mass is 9.84. The molecule has 9 aromatic carbocycles. The molecule has 2 heteroatoms. The van der Waals surface area contributed by atoms with Crippen molar-refractivity contribution in [1.29, 1.82) is 0 Å². The molecule has 2 nitrogen and oxygen atoms in total. The molecule has 0 atom stereocenters. The second-order valence-electron chi connectivity index (χ2n) is 13.9. The Morgan fingerprint density at radius 1 is 0.346 bits per heavy atom. The molecule has 0 spiro atoms. The van der Waals surface area contributed by atoms with E-state index in [1.165, 1.54) is 60.1 Å². The molecule has 1 aromatic heterocycles. The Morgan fingerprint density at radius 3 is 1.37 bits per heavy atom. The molecule has 0 amide bonds. The number of furan rings is 1. The Morgan fingerprint density at radius 2 is 0.788 bits per heavy atom. The Bertz CT molecular complexity index is 2910. The molecule has 0 unspecified atom stereocenters. The summed E-state index contributed by atoms with van der Waals surface area (Å²) in [6.45, 7) is 4.27. The van der Waals surface area contributed by atoms with Crippen molar-refractivity contribution < 1.29 is 4.42 Å². The average Bonchev–Trinajstić information content (AvgIpc) is 3.56. The lowest BCUT2D eigenvalue weighted by Crippen LogP contribution is -2.09. The fourth-order valence-electron chi connectivity index (χ4n) is 7.98. The van der Waals surface area contributed by atoms with Crippen molar-refractivity contribution >= 4 is 71.3 Å². The van der Waals surface area contributed by atoms with Gasteiger partial charge < -0.3 is 9.32 Å². The van der Waals surface area contributed by atoms with E-state index in [-0.39, 0.29) is 0 Å². The maximum atomic E-state index is 6.40. The van der Waals surface area contributed by atoms with Crippen molar-refractivity contribution in [3.63, 3.8) is 0 Å². The van der Waals surface area contributed by atoms with Crippen LogP contribution in [0.15, 0.2) is 180 Å². The van der Waals surface area contributed by atoms with Gasteiger partial charge in [-0.2, -0.15) is 0 Å². The van der Waals surface area contributed by atoms with E-state index in [1.807, 2.05) is 12.1 Å². The van der Waals surface area contributed by atoms with Gasteiger partial charge in [-0.15, -0.1) is 0 Å². The highest BCUT2D eigenvalue weighted by Gasteiger charge is 2.20. The molecule has 0 aliphatic carbocycles. The van der Waals surface area contributed by atoms with E-state index in [9.17, 15) is 0 Å². The van der Waals surface area contributed by atoms with Gasteiger partial charge in [-0.3, -0.25) is 0 Å². The second kappa shape index (κ2) is 12.0. The number of aryl methyl sites for hydroxylation is 2. The molecular formula is C50H35NO. The molecule has 0 radical (unpaired) electrons. The first-order valence-corrected chi connectivity index (χ1v) is 17.9. The molecule has 0 saturated heterocycles. The Kier molecular flexibility index (Phi) is 6.97. The maximum Gasteiger partial charge on any atom is 0.136 e. The second-order valence-corrected chi connectivity index (χ2v) is 13.9. The molecule has 0 N–H and O–H groups in total. The monoisotopic (exact) mass is 665 g/mol. The van der Waals surface area contributed by atoms with Crippen LogP contribution in [0.4, 0.5) is 17.1 Å². The minimum atomic E-state index is 0.906. The van der Waals surface area contributed by atoms with Gasteiger partial charge in [0.05, 0.1) is 0 Å². The van der Waals surface area contributed by atoms with Gasteiger partial charge in [0.25, 0.3) is 0 Å². The number of nitrogens with zero attached hydrogens (tertiary/aromatic N) is 1. The molecule has 1 heterocycles. The summed E-state index contributed by atoms with van der Waals surface area (Å²) >= 11 is 0. The van der Waals surface area contributed by atoms with Crippen LogP contribution in [0.1, 0.15) is 11.1 Å². The summed E-state index contributed by atoms with van der Waals surface area (Å²) in [6, 6.07) is 64.0. The van der Waals surface area contributed by atoms with E-state index in [2.05, 4.69) is 183 Å².